The van der Waals surface area contributed by atoms with E-state index in [2.05, 4.69) is 75.0 Å². The third kappa shape index (κ3) is 4.61. The van der Waals surface area contributed by atoms with Crippen molar-refractivity contribution in [3.8, 4) is 5.69 Å². The van der Waals surface area contributed by atoms with E-state index in [1.807, 2.05) is 18.5 Å². The van der Waals surface area contributed by atoms with Crippen molar-refractivity contribution in [3.63, 3.8) is 0 Å². The molecular weight excluding hydrogens is 346 g/mol. The molecule has 0 spiro atoms. The Bertz CT molecular complexity index is 877. The average Bonchev–Trinajstić information content (AvgIpc) is 3.14. The van der Waals surface area contributed by atoms with Crippen LogP contribution in [0.1, 0.15) is 12.5 Å². The maximum atomic E-state index is 4.48. The highest BCUT2D eigenvalue weighted by molar-refractivity contribution is 5.77. The summed E-state index contributed by atoms with van der Waals surface area (Å²) in [6.07, 6.45) is 1.90. The smallest absolute Gasteiger partial charge is 0.100 e. The number of benzene rings is 2. The minimum Gasteiger partial charge on any atom is -0.312 e. The minimum atomic E-state index is 0.667. The second kappa shape index (κ2) is 8.86. The molecule has 1 aromatic heterocycles. The number of likely N-dealkylation sites (N-methyl/N-ethyl adjacent to an activating group) is 1. The predicted molar refractivity (Wildman–Crippen MR) is 116 cm³/mol. The molecule has 0 bridgehead atoms. The van der Waals surface area contributed by atoms with Gasteiger partial charge in [-0.1, -0.05) is 31.2 Å². The van der Waals surface area contributed by atoms with Crippen molar-refractivity contribution >= 4 is 11.0 Å². The number of hydrogen-bond donors (Lipinski definition) is 1. The zero-order valence-corrected chi connectivity index (χ0v) is 17.0. The third-order valence-electron chi connectivity index (χ3n) is 5.66. The fourth-order valence-corrected chi connectivity index (χ4v) is 3.94. The first-order valence-electron chi connectivity index (χ1n) is 10.3. The number of nitrogens with zero attached hydrogens (tertiary/aromatic N) is 4. The van der Waals surface area contributed by atoms with Gasteiger partial charge in [0, 0.05) is 45.0 Å². The van der Waals surface area contributed by atoms with E-state index >= 15 is 0 Å². The summed E-state index contributed by atoms with van der Waals surface area (Å²) in [4.78, 5) is 9.49. The molecule has 0 radical (unpaired) electrons. The Morgan fingerprint density at radius 2 is 1.75 bits per heavy atom. The van der Waals surface area contributed by atoms with Gasteiger partial charge in [-0.05, 0) is 49.3 Å². The molecule has 5 heteroatoms. The minimum absolute atomic E-state index is 0.667. The molecule has 1 atom stereocenters. The molecule has 3 aromatic rings. The Labute approximate surface area is 168 Å². The molecule has 1 unspecified atom stereocenters. The van der Waals surface area contributed by atoms with Gasteiger partial charge in [-0.3, -0.25) is 4.57 Å². The lowest BCUT2D eigenvalue weighted by molar-refractivity contribution is 0.138. The topological polar surface area (TPSA) is 36.3 Å². The van der Waals surface area contributed by atoms with Gasteiger partial charge < -0.3 is 15.1 Å². The van der Waals surface area contributed by atoms with Crippen LogP contribution in [0, 0.1) is 5.92 Å². The first-order chi connectivity index (χ1) is 13.7. The van der Waals surface area contributed by atoms with Gasteiger partial charge in [-0.15, -0.1) is 0 Å². The summed E-state index contributed by atoms with van der Waals surface area (Å²) in [5, 5.41) is 3.63. The summed E-state index contributed by atoms with van der Waals surface area (Å²) in [6, 6.07) is 17.0. The fraction of sp³-hybridized carbons (Fsp3) is 0.435. The Morgan fingerprint density at radius 3 is 2.54 bits per heavy atom. The van der Waals surface area contributed by atoms with Crippen LogP contribution in [0.5, 0.6) is 0 Å². The van der Waals surface area contributed by atoms with Gasteiger partial charge in [0.1, 0.15) is 6.33 Å². The second-order valence-corrected chi connectivity index (χ2v) is 8.11. The molecule has 4 rings (SSSR count). The Balaban J connectivity index is 1.27. The highest BCUT2D eigenvalue weighted by Gasteiger charge is 2.15. The average molecular weight is 378 g/mol. The highest BCUT2D eigenvalue weighted by Crippen LogP contribution is 2.18. The molecule has 148 valence electrons. The van der Waals surface area contributed by atoms with Crippen LogP contribution >= 0.6 is 0 Å². The molecule has 0 amide bonds. The highest BCUT2D eigenvalue weighted by atomic mass is 15.2. The van der Waals surface area contributed by atoms with E-state index in [-0.39, 0.29) is 0 Å². The van der Waals surface area contributed by atoms with Gasteiger partial charge >= 0.3 is 0 Å². The number of fused-ring (bicyclic) bond motifs is 1. The molecule has 0 aliphatic carbocycles. The molecule has 0 saturated carbocycles. The van der Waals surface area contributed by atoms with Gasteiger partial charge in [-0.25, -0.2) is 4.98 Å². The number of nitrogens with one attached hydrogen (secondary N) is 1. The number of para-hydroxylation sites is 2. The Hall–Kier alpha value is -2.21. The van der Waals surface area contributed by atoms with Gasteiger partial charge in [-0.2, -0.15) is 0 Å². The summed E-state index contributed by atoms with van der Waals surface area (Å²) in [5.41, 5.74) is 4.65. The zero-order valence-electron chi connectivity index (χ0n) is 17.0. The Kier molecular flexibility index (Phi) is 6.05. The summed E-state index contributed by atoms with van der Waals surface area (Å²) >= 11 is 0. The zero-order chi connectivity index (χ0) is 19.3. The maximum absolute atomic E-state index is 4.48. The van der Waals surface area contributed by atoms with Crippen molar-refractivity contribution in [2.75, 3.05) is 46.3 Å². The van der Waals surface area contributed by atoms with Crippen molar-refractivity contribution in [2.45, 2.75) is 13.5 Å². The number of rotatable bonds is 7. The molecule has 28 heavy (non-hydrogen) atoms. The number of hydrogen-bond acceptors (Lipinski definition) is 4. The molecule has 1 fully saturated rings. The van der Waals surface area contributed by atoms with Crippen LogP contribution in [0.25, 0.3) is 16.7 Å². The van der Waals surface area contributed by atoms with Crippen LogP contribution in [0.15, 0.2) is 54.9 Å². The van der Waals surface area contributed by atoms with Crippen LogP contribution in [-0.2, 0) is 6.54 Å². The van der Waals surface area contributed by atoms with Gasteiger partial charge in [0.15, 0.2) is 0 Å². The molecule has 1 saturated heterocycles. The first kappa shape index (κ1) is 19.1. The number of aromatic nitrogens is 2. The van der Waals surface area contributed by atoms with Crippen molar-refractivity contribution in [2.24, 2.45) is 5.92 Å². The lowest BCUT2D eigenvalue weighted by atomic mass is 10.1. The van der Waals surface area contributed by atoms with Crippen LogP contribution < -0.4 is 5.32 Å². The molecule has 5 nitrogen and oxygen atoms in total. The fourth-order valence-electron chi connectivity index (χ4n) is 3.94. The van der Waals surface area contributed by atoms with Crippen LogP contribution in [0.2, 0.25) is 0 Å². The quantitative estimate of drug-likeness (QED) is 0.687. The molecule has 1 aliphatic heterocycles. The SMILES string of the molecule is CC(CNCc1ccc(-n2cnc3ccccc32)cc1)CN1CCN(C)CC1. The largest absolute Gasteiger partial charge is 0.312 e. The van der Waals surface area contributed by atoms with E-state index in [1.54, 1.807) is 0 Å². The summed E-state index contributed by atoms with van der Waals surface area (Å²) < 4.78 is 2.14. The van der Waals surface area contributed by atoms with Gasteiger partial charge in [0.05, 0.1) is 11.0 Å². The predicted octanol–water partition coefficient (Wildman–Crippen LogP) is 3.00. The van der Waals surface area contributed by atoms with E-state index < -0.39 is 0 Å². The molecular formula is C23H31N5. The van der Waals surface area contributed by atoms with Crippen molar-refractivity contribution in [1.82, 2.24) is 24.7 Å². The third-order valence-corrected chi connectivity index (χ3v) is 5.66. The second-order valence-electron chi connectivity index (χ2n) is 8.11. The summed E-state index contributed by atoms with van der Waals surface area (Å²) in [5.74, 6) is 0.667. The molecule has 2 heterocycles. The van der Waals surface area contributed by atoms with E-state index in [0.717, 1.165) is 29.8 Å². The number of piperazine rings is 1. The Morgan fingerprint density at radius 1 is 1.00 bits per heavy atom. The standard InChI is InChI=1S/C23H31N5/c1-19(17-27-13-11-26(2)12-14-27)15-24-16-20-7-9-21(10-8-20)28-18-25-22-5-3-4-6-23(22)28/h3-10,18-19,24H,11-17H2,1-2H3. The van der Waals surface area contributed by atoms with E-state index in [1.165, 1.54) is 38.3 Å². The van der Waals surface area contributed by atoms with Gasteiger partial charge in [0.25, 0.3) is 0 Å². The molecule has 1 aliphatic rings. The van der Waals surface area contributed by atoms with Crippen LogP contribution in [0.3, 0.4) is 0 Å². The lowest BCUT2D eigenvalue weighted by Gasteiger charge is -2.34. The summed E-state index contributed by atoms with van der Waals surface area (Å²) in [6.45, 7) is 10.3. The molecule has 2 aromatic carbocycles. The van der Waals surface area contributed by atoms with Crippen molar-refractivity contribution in [1.29, 1.82) is 0 Å². The summed E-state index contributed by atoms with van der Waals surface area (Å²) in [7, 11) is 2.21. The van der Waals surface area contributed by atoms with E-state index in [9.17, 15) is 0 Å². The maximum Gasteiger partial charge on any atom is 0.100 e. The lowest BCUT2D eigenvalue weighted by Crippen LogP contribution is -2.46. The van der Waals surface area contributed by atoms with Crippen LogP contribution in [0.4, 0.5) is 0 Å². The van der Waals surface area contributed by atoms with E-state index in [4.69, 9.17) is 0 Å². The molecule has 1 N–H and O–H groups in total. The normalized spacial score (nSPS) is 17.2. The van der Waals surface area contributed by atoms with Gasteiger partial charge in [0.2, 0.25) is 0 Å². The van der Waals surface area contributed by atoms with Crippen molar-refractivity contribution in [3.05, 3.63) is 60.4 Å². The van der Waals surface area contributed by atoms with Crippen LogP contribution in [-0.4, -0.2) is 65.7 Å². The monoisotopic (exact) mass is 377 g/mol. The number of imidazole rings is 1. The van der Waals surface area contributed by atoms with Crippen molar-refractivity contribution < 1.29 is 0 Å². The first-order valence-corrected chi connectivity index (χ1v) is 10.3. The van der Waals surface area contributed by atoms with E-state index in [0.29, 0.717) is 5.92 Å².